The molecule has 0 aromatic carbocycles. The molecule has 1 heterocycles. The number of hydrogen-bond acceptors (Lipinski definition) is 4. The molecule has 0 saturated carbocycles. The Labute approximate surface area is 127 Å². The zero-order valence-corrected chi connectivity index (χ0v) is 13.5. The second kappa shape index (κ2) is 9.32. The Morgan fingerprint density at radius 3 is 2.67 bits per heavy atom. The summed E-state index contributed by atoms with van der Waals surface area (Å²) in [5, 5.41) is 8.00. The summed E-state index contributed by atoms with van der Waals surface area (Å²) >= 11 is 0. The summed E-state index contributed by atoms with van der Waals surface area (Å²) in [5.74, 6) is -0.380. The molecule has 0 aliphatic rings. The van der Waals surface area contributed by atoms with Crippen LogP contribution in [0.5, 0.6) is 0 Å². The molecule has 0 N–H and O–H groups in total. The summed E-state index contributed by atoms with van der Waals surface area (Å²) in [6, 6.07) is 0. The third-order valence-electron chi connectivity index (χ3n) is 3.42. The molecule has 1 atom stereocenters. The van der Waals surface area contributed by atoms with Crippen molar-refractivity contribution in [1.29, 1.82) is 0 Å². The van der Waals surface area contributed by atoms with Crippen molar-refractivity contribution in [3.05, 3.63) is 24.0 Å². The molecule has 0 saturated heterocycles. The zero-order valence-electron chi connectivity index (χ0n) is 13.5. The zero-order chi connectivity index (χ0) is 15.7. The molecule has 118 valence electrons. The lowest BCUT2D eigenvalue weighted by atomic mass is 10.1. The van der Waals surface area contributed by atoms with Crippen molar-refractivity contribution in [2.45, 2.75) is 71.9 Å². The molecule has 0 fully saturated rings. The maximum absolute atomic E-state index is 11.5. The van der Waals surface area contributed by atoms with Crippen LogP contribution in [0.15, 0.2) is 18.3 Å². The smallest absolute Gasteiger partial charge is 0.333 e. The number of nitrogens with zero attached hydrogens (tertiary/aromatic N) is 3. The van der Waals surface area contributed by atoms with Crippen LogP contribution < -0.4 is 0 Å². The molecule has 0 amide bonds. The summed E-state index contributed by atoms with van der Waals surface area (Å²) in [6.45, 7) is 10.1. The Kier molecular flexibility index (Phi) is 7.72. The molecule has 21 heavy (non-hydrogen) atoms. The van der Waals surface area contributed by atoms with Crippen LogP contribution in [0.3, 0.4) is 0 Å². The van der Waals surface area contributed by atoms with Gasteiger partial charge in [-0.2, -0.15) is 0 Å². The number of aromatic nitrogens is 3. The monoisotopic (exact) mass is 293 g/mol. The van der Waals surface area contributed by atoms with E-state index in [0.29, 0.717) is 5.57 Å². The van der Waals surface area contributed by atoms with Crippen LogP contribution in [0.2, 0.25) is 0 Å². The van der Waals surface area contributed by atoms with E-state index in [1.807, 2.05) is 11.6 Å². The predicted octanol–water partition coefficient (Wildman–Crippen LogP) is 3.82. The SMILES string of the molecule is C=C(C)C(=O)OC(C)c1cnnn1CCCCCCCC. The third kappa shape index (κ3) is 6.10. The van der Waals surface area contributed by atoms with Gasteiger partial charge in [-0.15, -0.1) is 5.10 Å². The summed E-state index contributed by atoms with van der Waals surface area (Å²) in [6.07, 6.45) is 8.70. The molecule has 1 unspecified atom stereocenters. The number of rotatable bonds is 10. The molecule has 5 heteroatoms. The van der Waals surface area contributed by atoms with Gasteiger partial charge in [-0.1, -0.05) is 50.8 Å². The van der Waals surface area contributed by atoms with E-state index in [0.717, 1.165) is 18.7 Å². The molecule has 5 nitrogen and oxygen atoms in total. The Hall–Kier alpha value is -1.65. The van der Waals surface area contributed by atoms with Crippen LogP contribution in [-0.4, -0.2) is 21.0 Å². The lowest BCUT2D eigenvalue weighted by molar-refractivity contribution is -0.144. The van der Waals surface area contributed by atoms with E-state index in [2.05, 4.69) is 23.8 Å². The number of hydrogen-bond donors (Lipinski definition) is 0. The van der Waals surface area contributed by atoms with E-state index < -0.39 is 0 Å². The Morgan fingerprint density at radius 2 is 2.00 bits per heavy atom. The van der Waals surface area contributed by atoms with Crippen molar-refractivity contribution in [2.75, 3.05) is 0 Å². The minimum absolute atomic E-state index is 0.357. The fraction of sp³-hybridized carbons (Fsp3) is 0.688. The van der Waals surface area contributed by atoms with Gasteiger partial charge in [-0.25, -0.2) is 9.48 Å². The standard InChI is InChI=1S/C16H27N3O2/c1-5-6-7-8-9-10-11-19-15(12-17-18-19)14(4)21-16(20)13(2)3/h12,14H,2,5-11H2,1,3-4H3. The number of aryl methyl sites for hydroxylation is 1. The third-order valence-corrected chi connectivity index (χ3v) is 3.42. The van der Waals surface area contributed by atoms with Crippen LogP contribution >= 0.6 is 0 Å². The van der Waals surface area contributed by atoms with Gasteiger partial charge in [0.05, 0.1) is 11.9 Å². The van der Waals surface area contributed by atoms with E-state index in [1.54, 1.807) is 13.1 Å². The normalized spacial score (nSPS) is 12.1. The number of ether oxygens (including phenoxy) is 1. The topological polar surface area (TPSA) is 57.0 Å². The van der Waals surface area contributed by atoms with E-state index in [-0.39, 0.29) is 12.1 Å². The van der Waals surface area contributed by atoms with Crippen LogP contribution in [-0.2, 0) is 16.1 Å². The highest BCUT2D eigenvalue weighted by atomic mass is 16.5. The van der Waals surface area contributed by atoms with Gasteiger partial charge in [0.25, 0.3) is 0 Å². The van der Waals surface area contributed by atoms with E-state index in [1.165, 1.54) is 32.1 Å². The highest BCUT2D eigenvalue weighted by Crippen LogP contribution is 2.17. The molecular weight excluding hydrogens is 266 g/mol. The summed E-state index contributed by atoms with van der Waals surface area (Å²) in [4.78, 5) is 11.5. The first kappa shape index (κ1) is 17.4. The molecule has 0 aliphatic heterocycles. The highest BCUT2D eigenvalue weighted by Gasteiger charge is 2.16. The van der Waals surface area contributed by atoms with Crippen LogP contribution in [0, 0.1) is 0 Å². The lowest BCUT2D eigenvalue weighted by Gasteiger charge is -2.14. The van der Waals surface area contributed by atoms with E-state index >= 15 is 0 Å². The fourth-order valence-corrected chi connectivity index (χ4v) is 2.12. The number of carbonyl (C=O) groups is 1. The molecule has 1 rings (SSSR count). The molecule has 0 bridgehead atoms. The van der Waals surface area contributed by atoms with Crippen LogP contribution in [0.1, 0.15) is 71.1 Å². The lowest BCUT2D eigenvalue weighted by Crippen LogP contribution is -2.14. The van der Waals surface area contributed by atoms with Gasteiger partial charge < -0.3 is 4.74 Å². The number of carbonyl (C=O) groups excluding carboxylic acids is 1. The van der Waals surface area contributed by atoms with Gasteiger partial charge in [0.2, 0.25) is 0 Å². The van der Waals surface area contributed by atoms with Crippen molar-refractivity contribution in [3.63, 3.8) is 0 Å². The van der Waals surface area contributed by atoms with Gasteiger partial charge in [-0.05, 0) is 20.3 Å². The first-order chi connectivity index (χ1) is 10.1. The Bertz CT molecular complexity index is 454. The predicted molar refractivity (Wildman–Crippen MR) is 82.7 cm³/mol. The number of esters is 1. The van der Waals surface area contributed by atoms with Crippen molar-refractivity contribution >= 4 is 5.97 Å². The Balaban J connectivity index is 2.42. The van der Waals surface area contributed by atoms with Crippen LogP contribution in [0.25, 0.3) is 0 Å². The Morgan fingerprint density at radius 1 is 1.33 bits per heavy atom. The average molecular weight is 293 g/mol. The van der Waals surface area contributed by atoms with Gasteiger partial charge in [0, 0.05) is 12.1 Å². The first-order valence-electron chi connectivity index (χ1n) is 7.81. The fourth-order valence-electron chi connectivity index (χ4n) is 2.12. The van der Waals surface area contributed by atoms with E-state index in [4.69, 9.17) is 4.74 Å². The van der Waals surface area contributed by atoms with Gasteiger partial charge in [0.1, 0.15) is 6.10 Å². The van der Waals surface area contributed by atoms with Crippen molar-refractivity contribution in [1.82, 2.24) is 15.0 Å². The number of unbranched alkanes of at least 4 members (excludes halogenated alkanes) is 5. The quantitative estimate of drug-likeness (QED) is 0.374. The summed E-state index contributed by atoms with van der Waals surface area (Å²) in [5.41, 5.74) is 1.23. The highest BCUT2D eigenvalue weighted by molar-refractivity contribution is 5.87. The average Bonchev–Trinajstić information content (AvgIpc) is 2.91. The maximum Gasteiger partial charge on any atom is 0.333 e. The van der Waals surface area contributed by atoms with Gasteiger partial charge in [-0.3, -0.25) is 0 Å². The maximum atomic E-state index is 11.5. The molecule has 1 aromatic heterocycles. The van der Waals surface area contributed by atoms with E-state index in [9.17, 15) is 4.79 Å². The summed E-state index contributed by atoms with van der Waals surface area (Å²) in [7, 11) is 0. The largest absolute Gasteiger partial charge is 0.453 e. The molecule has 0 radical (unpaired) electrons. The molecule has 0 spiro atoms. The van der Waals surface area contributed by atoms with Crippen molar-refractivity contribution < 1.29 is 9.53 Å². The minimum atomic E-state index is -0.380. The second-order valence-corrected chi connectivity index (χ2v) is 5.48. The van der Waals surface area contributed by atoms with Gasteiger partial charge in [0.15, 0.2) is 0 Å². The van der Waals surface area contributed by atoms with Crippen LogP contribution in [0.4, 0.5) is 0 Å². The van der Waals surface area contributed by atoms with Crippen molar-refractivity contribution in [3.8, 4) is 0 Å². The first-order valence-corrected chi connectivity index (χ1v) is 7.81. The molecule has 0 aliphatic carbocycles. The minimum Gasteiger partial charge on any atom is -0.453 e. The molecule has 1 aromatic rings. The summed E-state index contributed by atoms with van der Waals surface area (Å²) < 4.78 is 7.15. The van der Waals surface area contributed by atoms with Crippen molar-refractivity contribution in [2.24, 2.45) is 0 Å². The molecular formula is C16H27N3O2. The second-order valence-electron chi connectivity index (χ2n) is 5.48. The van der Waals surface area contributed by atoms with Gasteiger partial charge >= 0.3 is 5.97 Å².